The number of benzene rings is 2. The normalized spacial score (nSPS) is 11.0. The van der Waals surface area contributed by atoms with E-state index < -0.39 is 21.9 Å². The predicted octanol–water partition coefficient (Wildman–Crippen LogP) is 3.51. The summed E-state index contributed by atoms with van der Waals surface area (Å²) in [5.74, 6) is -0.940. The zero-order chi connectivity index (χ0) is 22.4. The number of aromatic nitrogens is 2. The van der Waals surface area contributed by atoms with Gasteiger partial charge in [-0.25, -0.2) is 8.42 Å². The minimum atomic E-state index is -4.02. The van der Waals surface area contributed by atoms with Crippen LogP contribution in [0.5, 0.6) is 0 Å². The van der Waals surface area contributed by atoms with E-state index in [0.29, 0.717) is 10.0 Å². The average Bonchev–Trinajstić information content (AvgIpc) is 3.19. The molecule has 0 saturated carbocycles. The quantitative estimate of drug-likeness (QED) is 0.274. The van der Waals surface area contributed by atoms with Crippen molar-refractivity contribution in [3.05, 3.63) is 59.1 Å². The van der Waals surface area contributed by atoms with Gasteiger partial charge in [-0.1, -0.05) is 52.9 Å². The molecule has 0 spiro atoms. The summed E-state index contributed by atoms with van der Waals surface area (Å²) in [5, 5.41) is 10.4. The zero-order valence-corrected chi connectivity index (χ0v) is 19.1. The summed E-state index contributed by atoms with van der Waals surface area (Å²) in [6.07, 6.45) is 0. The lowest BCUT2D eigenvalue weighted by Gasteiger charge is -2.11. The number of halogens is 1. The van der Waals surface area contributed by atoms with E-state index in [4.69, 9.17) is 11.6 Å². The number of nitrogens with zero attached hydrogens (tertiary/aromatic N) is 2. The Morgan fingerprint density at radius 3 is 2.61 bits per heavy atom. The number of nitrogens with one attached hydrogen (secondary N) is 2. The van der Waals surface area contributed by atoms with Crippen molar-refractivity contribution < 1.29 is 22.7 Å². The van der Waals surface area contributed by atoms with Gasteiger partial charge in [-0.3, -0.25) is 19.6 Å². The number of rotatable bonds is 8. The van der Waals surface area contributed by atoms with Crippen LogP contribution in [0.15, 0.2) is 57.8 Å². The van der Waals surface area contributed by atoms with Gasteiger partial charge in [-0.2, -0.15) is 0 Å². The Balaban J connectivity index is 1.74. The van der Waals surface area contributed by atoms with E-state index in [1.165, 1.54) is 25.3 Å². The monoisotopic (exact) mass is 498 g/mol. The average molecular weight is 499 g/mol. The molecular formula is C18H15ClN4O5S3. The van der Waals surface area contributed by atoms with Gasteiger partial charge in [0.15, 0.2) is 4.34 Å². The van der Waals surface area contributed by atoms with Gasteiger partial charge in [0.25, 0.3) is 15.9 Å². The topological polar surface area (TPSA) is 127 Å². The van der Waals surface area contributed by atoms with E-state index in [2.05, 4.69) is 25.0 Å². The molecule has 1 amide bonds. The first-order valence-electron chi connectivity index (χ1n) is 8.50. The maximum Gasteiger partial charge on any atom is 0.316 e. The fraction of sp³-hybridized carbons (Fsp3) is 0.111. The Morgan fingerprint density at radius 2 is 1.90 bits per heavy atom. The first kappa shape index (κ1) is 23.0. The Hall–Kier alpha value is -2.67. The summed E-state index contributed by atoms with van der Waals surface area (Å²) in [6, 6.07) is 12.2. The summed E-state index contributed by atoms with van der Waals surface area (Å²) in [7, 11) is -2.74. The maximum absolute atomic E-state index is 12.7. The van der Waals surface area contributed by atoms with Crippen LogP contribution in [0, 0.1) is 0 Å². The molecule has 2 aromatic carbocycles. The van der Waals surface area contributed by atoms with Crippen LogP contribution in [0.1, 0.15) is 10.4 Å². The molecule has 3 aromatic rings. The number of carbonyl (C=O) groups excluding carboxylic acids is 2. The summed E-state index contributed by atoms with van der Waals surface area (Å²) >= 11 is 8.26. The molecule has 9 nitrogen and oxygen atoms in total. The van der Waals surface area contributed by atoms with Gasteiger partial charge in [0.2, 0.25) is 5.13 Å². The zero-order valence-electron chi connectivity index (χ0n) is 15.9. The third kappa shape index (κ3) is 6.17. The fourth-order valence-corrected chi connectivity index (χ4v) is 5.40. The third-order valence-electron chi connectivity index (χ3n) is 3.68. The molecule has 0 unspecified atom stereocenters. The van der Waals surface area contributed by atoms with Gasteiger partial charge in [-0.05, 0) is 30.3 Å². The van der Waals surface area contributed by atoms with Crippen LogP contribution >= 0.6 is 34.7 Å². The van der Waals surface area contributed by atoms with Crippen molar-refractivity contribution >= 4 is 67.4 Å². The van der Waals surface area contributed by atoms with Crippen molar-refractivity contribution in [1.82, 2.24) is 10.2 Å². The molecule has 162 valence electrons. The second kappa shape index (κ2) is 10.1. The van der Waals surface area contributed by atoms with Gasteiger partial charge >= 0.3 is 5.97 Å². The van der Waals surface area contributed by atoms with Crippen LogP contribution < -0.4 is 10.0 Å². The number of hydrogen-bond donors (Lipinski definition) is 2. The van der Waals surface area contributed by atoms with Crippen LogP contribution in [-0.4, -0.2) is 43.4 Å². The number of sulfonamides is 1. The lowest BCUT2D eigenvalue weighted by atomic mass is 10.2. The van der Waals surface area contributed by atoms with E-state index in [1.807, 2.05) is 0 Å². The molecule has 0 aliphatic heterocycles. The smallest absolute Gasteiger partial charge is 0.316 e. The highest BCUT2D eigenvalue weighted by molar-refractivity contribution is 8.01. The predicted molar refractivity (Wildman–Crippen MR) is 119 cm³/mol. The lowest BCUT2D eigenvalue weighted by Crippen LogP contribution is -2.16. The van der Waals surface area contributed by atoms with E-state index in [-0.39, 0.29) is 26.4 Å². The van der Waals surface area contributed by atoms with Gasteiger partial charge in [-0.15, -0.1) is 10.2 Å². The third-order valence-corrected chi connectivity index (χ3v) is 7.49. The van der Waals surface area contributed by atoms with Crippen LogP contribution in [-0.2, 0) is 19.6 Å². The summed E-state index contributed by atoms with van der Waals surface area (Å²) in [5.41, 5.74) is 0.427. The molecule has 0 atom stereocenters. The number of carbonyl (C=O) groups is 2. The minimum absolute atomic E-state index is 0.0302. The molecule has 31 heavy (non-hydrogen) atoms. The molecule has 3 rings (SSSR count). The van der Waals surface area contributed by atoms with Gasteiger partial charge in [0.05, 0.1) is 17.9 Å². The summed E-state index contributed by atoms with van der Waals surface area (Å²) in [4.78, 5) is 23.5. The van der Waals surface area contributed by atoms with E-state index >= 15 is 0 Å². The first-order valence-corrected chi connectivity index (χ1v) is 12.2. The number of hydrogen-bond acceptors (Lipinski definition) is 9. The van der Waals surface area contributed by atoms with Crippen molar-refractivity contribution in [2.75, 3.05) is 22.9 Å². The van der Waals surface area contributed by atoms with Crippen LogP contribution in [0.25, 0.3) is 0 Å². The molecule has 0 aliphatic rings. The van der Waals surface area contributed by atoms with Crippen LogP contribution in [0.2, 0.25) is 5.02 Å². The molecule has 0 bridgehead atoms. The van der Waals surface area contributed by atoms with E-state index in [0.717, 1.165) is 23.1 Å². The minimum Gasteiger partial charge on any atom is -0.468 e. The lowest BCUT2D eigenvalue weighted by molar-refractivity contribution is -0.137. The molecular weight excluding hydrogens is 484 g/mol. The maximum atomic E-state index is 12.7. The number of ether oxygens (including phenoxy) is 1. The molecule has 13 heteroatoms. The number of methoxy groups -OCH3 is 1. The highest BCUT2D eigenvalue weighted by Gasteiger charge is 2.21. The number of anilines is 2. The summed E-state index contributed by atoms with van der Waals surface area (Å²) in [6.45, 7) is 0. The molecule has 1 heterocycles. The number of thioether (sulfide) groups is 1. The molecule has 0 fully saturated rings. The molecule has 2 N–H and O–H groups in total. The molecule has 1 aromatic heterocycles. The van der Waals surface area contributed by atoms with Gasteiger partial charge < -0.3 is 4.74 Å². The van der Waals surface area contributed by atoms with Crippen molar-refractivity contribution in [3.8, 4) is 0 Å². The van der Waals surface area contributed by atoms with Gasteiger partial charge in [0.1, 0.15) is 4.90 Å². The highest BCUT2D eigenvalue weighted by atomic mass is 35.5. The van der Waals surface area contributed by atoms with E-state index in [1.54, 1.807) is 30.3 Å². The van der Waals surface area contributed by atoms with Gasteiger partial charge in [0, 0.05) is 11.3 Å². The van der Waals surface area contributed by atoms with Crippen LogP contribution in [0.4, 0.5) is 10.8 Å². The van der Waals surface area contributed by atoms with Crippen molar-refractivity contribution in [1.29, 1.82) is 0 Å². The summed E-state index contributed by atoms with van der Waals surface area (Å²) < 4.78 is 32.9. The van der Waals surface area contributed by atoms with E-state index in [9.17, 15) is 18.0 Å². The second-order valence-corrected chi connectivity index (χ2v) is 10.1. The molecule has 0 saturated heterocycles. The number of para-hydroxylation sites is 1. The first-order chi connectivity index (χ1) is 14.8. The Morgan fingerprint density at radius 1 is 1.16 bits per heavy atom. The standard InChI is InChI=1S/C18H15ClN4O5S3/c1-28-15(24)10-29-18-22-21-17(30-18)20-16(25)11-7-8-13(19)14(9-11)31(26,27)23-12-5-3-2-4-6-12/h2-9,23H,10H2,1H3,(H,20,21,25). The SMILES string of the molecule is COC(=O)CSc1nnc(NC(=O)c2ccc(Cl)c(S(=O)(=O)Nc3ccccc3)c2)s1. The molecule has 0 radical (unpaired) electrons. The largest absolute Gasteiger partial charge is 0.468 e. The Kier molecular flexibility index (Phi) is 7.49. The Labute approximate surface area is 191 Å². The van der Waals surface area contributed by atoms with Crippen molar-refractivity contribution in [3.63, 3.8) is 0 Å². The number of amides is 1. The number of esters is 1. The van der Waals surface area contributed by atoms with Crippen molar-refractivity contribution in [2.45, 2.75) is 9.24 Å². The Bertz CT molecular complexity index is 1200. The van der Waals surface area contributed by atoms with Crippen molar-refractivity contribution in [2.24, 2.45) is 0 Å². The highest BCUT2D eigenvalue weighted by Crippen LogP contribution is 2.28. The molecule has 0 aliphatic carbocycles. The van der Waals surface area contributed by atoms with Crippen LogP contribution in [0.3, 0.4) is 0 Å². The second-order valence-electron chi connectivity index (χ2n) is 5.81. The fourth-order valence-electron chi connectivity index (χ4n) is 2.23.